The fraction of sp³-hybridized carbons (Fsp3) is 0.158. The van der Waals surface area contributed by atoms with Crippen molar-refractivity contribution in [3.63, 3.8) is 0 Å². The zero-order chi connectivity index (χ0) is 19.6. The maximum absolute atomic E-state index is 12.2. The number of oxazole rings is 1. The van der Waals surface area contributed by atoms with Crippen molar-refractivity contribution in [2.45, 2.75) is 11.3 Å². The van der Waals surface area contributed by atoms with Crippen LogP contribution >= 0.6 is 0 Å². The molecule has 3 aromatic rings. The lowest BCUT2D eigenvalue weighted by atomic mass is 10.1. The van der Waals surface area contributed by atoms with Crippen LogP contribution in [0.5, 0.6) is 0 Å². The number of amides is 1. The van der Waals surface area contributed by atoms with Crippen molar-refractivity contribution in [3.8, 4) is 22.6 Å². The number of sulfone groups is 1. The van der Waals surface area contributed by atoms with Gasteiger partial charge in [-0.05, 0) is 12.1 Å². The van der Waals surface area contributed by atoms with E-state index >= 15 is 0 Å². The third-order valence-electron chi connectivity index (χ3n) is 3.91. The molecule has 0 saturated carbocycles. The third-order valence-corrected chi connectivity index (χ3v) is 5.07. The van der Waals surface area contributed by atoms with Gasteiger partial charge in [-0.25, -0.2) is 18.5 Å². The number of hydrogen-bond donors (Lipinski definition) is 1. The Bertz CT molecular complexity index is 1070. The van der Waals surface area contributed by atoms with Crippen LogP contribution in [0.1, 0.15) is 5.89 Å². The number of carbonyl (C=O) groups is 1. The van der Waals surface area contributed by atoms with E-state index in [-0.39, 0.29) is 23.0 Å². The Morgan fingerprint density at radius 1 is 1.11 bits per heavy atom. The molecule has 1 N–H and O–H groups in total. The van der Waals surface area contributed by atoms with Gasteiger partial charge in [0, 0.05) is 24.4 Å². The fourth-order valence-corrected chi connectivity index (χ4v) is 3.52. The van der Waals surface area contributed by atoms with Crippen LogP contribution in [0.15, 0.2) is 63.9 Å². The molecule has 0 spiro atoms. The first kappa shape index (κ1) is 18.8. The van der Waals surface area contributed by atoms with Gasteiger partial charge in [0.25, 0.3) is 5.91 Å². The second-order valence-electron chi connectivity index (χ2n) is 6.01. The smallest absolute Gasteiger partial charge is 0.254 e. The molecule has 7 nitrogen and oxygen atoms in total. The van der Waals surface area contributed by atoms with Crippen LogP contribution in [-0.2, 0) is 21.1 Å². The average Bonchev–Trinajstić information content (AvgIpc) is 3.05. The highest BCUT2D eigenvalue weighted by molar-refractivity contribution is 7.90. The Morgan fingerprint density at radius 3 is 2.37 bits per heavy atom. The largest absolute Gasteiger partial charge is 0.439 e. The second kappa shape index (κ2) is 7.34. The summed E-state index contributed by atoms with van der Waals surface area (Å²) in [5, 5.41) is 9.73. The molecule has 3 rings (SSSR count). The van der Waals surface area contributed by atoms with E-state index in [1.807, 2.05) is 30.3 Å². The van der Waals surface area contributed by atoms with Gasteiger partial charge in [-0.1, -0.05) is 42.5 Å². The summed E-state index contributed by atoms with van der Waals surface area (Å²) in [5.41, 5.74) is 1.51. The van der Waals surface area contributed by atoms with Crippen LogP contribution in [0, 0.1) is 0 Å². The van der Waals surface area contributed by atoms with E-state index in [0.29, 0.717) is 16.3 Å². The maximum atomic E-state index is 12.2. The molecular weight excluding hydrogens is 368 g/mol. The van der Waals surface area contributed by atoms with Crippen LogP contribution in [0.25, 0.3) is 22.6 Å². The van der Waals surface area contributed by atoms with Crippen molar-refractivity contribution >= 4 is 15.7 Å². The number of hydrogen-bond acceptors (Lipinski definition) is 6. The molecule has 140 valence electrons. The number of hydroxylamine groups is 2. The Morgan fingerprint density at radius 2 is 1.74 bits per heavy atom. The van der Waals surface area contributed by atoms with Crippen LogP contribution in [-0.4, -0.2) is 42.9 Å². The number of likely N-dealkylation sites (N-methyl/N-ethyl adjacent to an activating group) is 1. The highest BCUT2D eigenvalue weighted by atomic mass is 32.2. The lowest BCUT2D eigenvalue weighted by molar-refractivity contribution is -0.158. The van der Waals surface area contributed by atoms with Crippen LogP contribution in [0.2, 0.25) is 0 Å². The van der Waals surface area contributed by atoms with Crippen molar-refractivity contribution in [1.82, 2.24) is 10.0 Å². The Balaban J connectivity index is 2.20. The van der Waals surface area contributed by atoms with Gasteiger partial charge in [0.05, 0.1) is 4.90 Å². The minimum Gasteiger partial charge on any atom is -0.439 e. The monoisotopic (exact) mass is 386 g/mol. The normalized spacial score (nSPS) is 11.4. The summed E-state index contributed by atoms with van der Waals surface area (Å²) in [7, 11) is -2.30. The molecule has 1 heterocycles. The first-order chi connectivity index (χ1) is 12.8. The molecule has 0 unspecified atom stereocenters. The highest BCUT2D eigenvalue weighted by Gasteiger charge is 2.24. The number of nitrogens with zero attached hydrogens (tertiary/aromatic N) is 2. The number of aromatic nitrogens is 1. The first-order valence-electron chi connectivity index (χ1n) is 8.07. The molecule has 0 aliphatic heterocycles. The molecule has 0 bridgehead atoms. The number of benzene rings is 2. The minimum absolute atomic E-state index is 0.0815. The lowest BCUT2D eigenvalue weighted by Crippen LogP contribution is -2.24. The van der Waals surface area contributed by atoms with Gasteiger partial charge >= 0.3 is 0 Å². The third kappa shape index (κ3) is 4.07. The SMILES string of the molecule is CN(O)C(=O)Cc1nc(-c2ccccc2)c(-c2ccccc2S(C)(=O)=O)o1. The van der Waals surface area contributed by atoms with E-state index in [2.05, 4.69) is 4.98 Å². The van der Waals surface area contributed by atoms with Crippen molar-refractivity contribution in [2.24, 2.45) is 0 Å². The van der Waals surface area contributed by atoms with E-state index in [4.69, 9.17) is 4.42 Å². The van der Waals surface area contributed by atoms with Crippen molar-refractivity contribution in [3.05, 3.63) is 60.5 Å². The minimum atomic E-state index is -3.51. The Labute approximate surface area is 156 Å². The number of carbonyl (C=O) groups excluding carboxylic acids is 1. The second-order valence-corrected chi connectivity index (χ2v) is 8.00. The lowest BCUT2D eigenvalue weighted by Gasteiger charge is -2.07. The van der Waals surface area contributed by atoms with Crippen LogP contribution in [0.3, 0.4) is 0 Å². The molecule has 0 radical (unpaired) electrons. The van der Waals surface area contributed by atoms with Gasteiger partial charge < -0.3 is 4.42 Å². The highest BCUT2D eigenvalue weighted by Crippen LogP contribution is 2.36. The summed E-state index contributed by atoms with van der Waals surface area (Å²) in [5.74, 6) is -0.262. The molecule has 2 aromatic carbocycles. The first-order valence-corrected chi connectivity index (χ1v) is 9.96. The van der Waals surface area contributed by atoms with E-state index in [9.17, 15) is 18.4 Å². The summed E-state index contributed by atoms with van der Waals surface area (Å²) < 4.78 is 30.2. The Hall–Kier alpha value is -2.97. The summed E-state index contributed by atoms with van der Waals surface area (Å²) in [6.45, 7) is 0. The summed E-state index contributed by atoms with van der Waals surface area (Å²) in [6.07, 6.45) is 0.865. The summed E-state index contributed by atoms with van der Waals surface area (Å²) in [4.78, 5) is 16.3. The fourth-order valence-electron chi connectivity index (χ4n) is 2.64. The van der Waals surface area contributed by atoms with E-state index in [1.165, 1.54) is 13.1 Å². The molecule has 1 amide bonds. The van der Waals surface area contributed by atoms with Gasteiger partial charge in [0.15, 0.2) is 15.6 Å². The molecule has 0 atom stereocenters. The molecule has 0 aliphatic carbocycles. The van der Waals surface area contributed by atoms with E-state index in [0.717, 1.165) is 11.8 Å². The van der Waals surface area contributed by atoms with Gasteiger partial charge in [0.2, 0.25) is 5.89 Å². The summed E-state index contributed by atoms with van der Waals surface area (Å²) in [6, 6.07) is 15.6. The van der Waals surface area contributed by atoms with Crippen LogP contribution < -0.4 is 0 Å². The average molecular weight is 386 g/mol. The van der Waals surface area contributed by atoms with Crippen LogP contribution in [0.4, 0.5) is 0 Å². The van der Waals surface area contributed by atoms with E-state index < -0.39 is 15.7 Å². The molecular formula is C19H18N2O5S. The predicted molar refractivity (Wildman–Crippen MR) is 98.7 cm³/mol. The molecule has 0 saturated heterocycles. The quantitative estimate of drug-likeness (QED) is 0.534. The standard InChI is InChI=1S/C19H18N2O5S/c1-21(23)17(22)12-16-20-18(13-8-4-3-5-9-13)19(26-16)14-10-6-7-11-15(14)27(2,24)25/h3-11,23H,12H2,1-2H3. The zero-order valence-corrected chi connectivity index (χ0v) is 15.6. The van der Waals surface area contributed by atoms with Crippen molar-refractivity contribution in [1.29, 1.82) is 0 Å². The zero-order valence-electron chi connectivity index (χ0n) is 14.8. The van der Waals surface area contributed by atoms with Gasteiger partial charge in [-0.2, -0.15) is 0 Å². The van der Waals surface area contributed by atoms with Crippen molar-refractivity contribution in [2.75, 3.05) is 13.3 Å². The topological polar surface area (TPSA) is 101 Å². The molecule has 8 heteroatoms. The van der Waals surface area contributed by atoms with Gasteiger partial charge in [-0.3, -0.25) is 10.0 Å². The predicted octanol–water partition coefficient (Wildman–Crippen LogP) is 2.80. The molecule has 0 fully saturated rings. The Kier molecular flexibility index (Phi) is 5.11. The maximum Gasteiger partial charge on any atom is 0.254 e. The van der Waals surface area contributed by atoms with Gasteiger partial charge in [0.1, 0.15) is 12.1 Å². The molecule has 0 aliphatic rings. The number of rotatable bonds is 5. The van der Waals surface area contributed by atoms with Crippen molar-refractivity contribution < 1.29 is 22.8 Å². The van der Waals surface area contributed by atoms with E-state index in [1.54, 1.807) is 18.2 Å². The van der Waals surface area contributed by atoms with Gasteiger partial charge in [-0.15, -0.1) is 0 Å². The molecule has 27 heavy (non-hydrogen) atoms. The molecule has 1 aromatic heterocycles. The summed E-state index contributed by atoms with van der Waals surface area (Å²) >= 11 is 0.